The fraction of sp³-hybridized carbons (Fsp3) is 0.389. The van der Waals surface area contributed by atoms with E-state index >= 15 is 0 Å². The van der Waals surface area contributed by atoms with Crippen molar-refractivity contribution < 1.29 is 17.9 Å². The minimum atomic E-state index is -3.50. The van der Waals surface area contributed by atoms with E-state index in [9.17, 15) is 13.2 Å². The van der Waals surface area contributed by atoms with Crippen LogP contribution in [0.5, 0.6) is 5.88 Å². The average molecular weight is 375 g/mol. The maximum Gasteiger partial charge on any atom is 0.232 e. The Morgan fingerprint density at radius 3 is 2.65 bits per heavy atom. The predicted molar refractivity (Wildman–Crippen MR) is 97.7 cm³/mol. The number of pyridine rings is 2. The van der Waals surface area contributed by atoms with Gasteiger partial charge in [0, 0.05) is 24.9 Å². The lowest BCUT2D eigenvalue weighted by Crippen LogP contribution is -2.22. The Kier molecular flexibility index (Phi) is 5.22. The number of hydrogen-bond acceptors (Lipinski definition) is 6. The van der Waals surface area contributed by atoms with Crippen LogP contribution in [-0.4, -0.2) is 37.2 Å². The van der Waals surface area contributed by atoms with Gasteiger partial charge in [-0.1, -0.05) is 6.42 Å². The second-order valence-corrected chi connectivity index (χ2v) is 8.42. The van der Waals surface area contributed by atoms with Gasteiger partial charge in [0.2, 0.25) is 11.8 Å². The first-order valence-corrected chi connectivity index (χ1v) is 10.0. The highest BCUT2D eigenvalue weighted by molar-refractivity contribution is 7.91. The normalized spacial score (nSPS) is 14.5. The number of rotatable bonds is 6. The van der Waals surface area contributed by atoms with E-state index in [4.69, 9.17) is 4.74 Å². The molecule has 1 aliphatic rings. The molecule has 3 rings (SSSR count). The van der Waals surface area contributed by atoms with Crippen molar-refractivity contribution in [3.8, 4) is 17.0 Å². The third-order valence-corrected chi connectivity index (χ3v) is 6.30. The van der Waals surface area contributed by atoms with Gasteiger partial charge in [0.1, 0.15) is 10.7 Å². The Morgan fingerprint density at radius 2 is 2.04 bits per heavy atom. The minimum Gasteiger partial charge on any atom is -0.480 e. The second kappa shape index (κ2) is 7.41. The lowest BCUT2D eigenvalue weighted by Gasteiger charge is -2.25. The molecule has 1 aliphatic carbocycles. The molecule has 26 heavy (non-hydrogen) atoms. The van der Waals surface area contributed by atoms with Crippen LogP contribution in [0.4, 0.5) is 5.82 Å². The molecule has 7 nitrogen and oxygen atoms in total. The Hall–Kier alpha value is -2.48. The number of carbonyl (C=O) groups is 1. The van der Waals surface area contributed by atoms with Crippen LogP contribution in [0.2, 0.25) is 0 Å². The number of nitrogens with one attached hydrogen (secondary N) is 1. The summed E-state index contributed by atoms with van der Waals surface area (Å²) in [5.74, 6) is 0.586. The van der Waals surface area contributed by atoms with Crippen molar-refractivity contribution >= 4 is 21.6 Å². The van der Waals surface area contributed by atoms with Crippen LogP contribution in [0.1, 0.15) is 26.2 Å². The number of sulfone groups is 1. The highest BCUT2D eigenvalue weighted by Gasteiger charge is 2.29. The number of carbonyl (C=O) groups excluding carboxylic acids is 1. The molecule has 138 valence electrons. The van der Waals surface area contributed by atoms with Gasteiger partial charge in [-0.05, 0) is 42.5 Å². The Bertz CT molecular complexity index is 924. The average Bonchev–Trinajstić information content (AvgIpc) is 2.57. The lowest BCUT2D eigenvalue weighted by molar-refractivity contribution is -0.114. The van der Waals surface area contributed by atoms with Gasteiger partial charge in [0.25, 0.3) is 0 Å². The molecule has 0 saturated heterocycles. The van der Waals surface area contributed by atoms with Crippen molar-refractivity contribution in [2.75, 3.05) is 18.2 Å². The summed E-state index contributed by atoms with van der Waals surface area (Å²) in [5.41, 5.74) is 1.32. The topological polar surface area (TPSA) is 98.2 Å². The van der Waals surface area contributed by atoms with Gasteiger partial charge in [-0.15, -0.1) is 0 Å². The molecule has 0 aliphatic heterocycles. The van der Waals surface area contributed by atoms with Gasteiger partial charge in [-0.3, -0.25) is 4.79 Å². The van der Waals surface area contributed by atoms with Gasteiger partial charge >= 0.3 is 0 Å². The largest absolute Gasteiger partial charge is 0.480 e. The molecule has 1 amide bonds. The quantitative estimate of drug-likeness (QED) is 0.833. The summed E-state index contributed by atoms with van der Waals surface area (Å²) in [6.07, 6.45) is 6.07. The van der Waals surface area contributed by atoms with E-state index in [2.05, 4.69) is 15.3 Å². The molecule has 1 N–H and O–H groups in total. The highest BCUT2D eigenvalue weighted by Crippen LogP contribution is 2.33. The van der Waals surface area contributed by atoms with E-state index in [0.717, 1.165) is 19.3 Å². The number of nitrogens with zero attached hydrogens (tertiary/aromatic N) is 2. The molecule has 0 atom stereocenters. The third-order valence-electron chi connectivity index (χ3n) is 4.42. The van der Waals surface area contributed by atoms with Crippen LogP contribution in [0.3, 0.4) is 0 Å². The fourth-order valence-electron chi connectivity index (χ4n) is 2.88. The number of anilines is 1. The lowest BCUT2D eigenvalue weighted by atomic mass is 9.87. The Balaban J connectivity index is 1.98. The zero-order chi connectivity index (χ0) is 18.7. The summed E-state index contributed by atoms with van der Waals surface area (Å²) in [5, 5.41) is 2.61. The van der Waals surface area contributed by atoms with E-state index in [-0.39, 0.29) is 28.4 Å². The summed E-state index contributed by atoms with van der Waals surface area (Å²) >= 11 is 0. The van der Waals surface area contributed by atoms with Crippen LogP contribution in [0, 0.1) is 5.92 Å². The Labute approximate surface area is 152 Å². The molecule has 1 saturated carbocycles. The summed E-state index contributed by atoms with van der Waals surface area (Å²) in [6, 6.07) is 4.98. The molecule has 0 aromatic carbocycles. The molecule has 0 spiro atoms. The minimum absolute atomic E-state index is 0.0993. The monoisotopic (exact) mass is 375 g/mol. The predicted octanol–water partition coefficient (Wildman–Crippen LogP) is 2.68. The summed E-state index contributed by atoms with van der Waals surface area (Å²) in [7, 11) is -2.09. The first kappa shape index (κ1) is 18.3. The molecule has 2 aromatic rings. The second-order valence-electron chi connectivity index (χ2n) is 6.42. The van der Waals surface area contributed by atoms with Crippen LogP contribution in [0.25, 0.3) is 11.1 Å². The van der Waals surface area contributed by atoms with Gasteiger partial charge in [-0.2, -0.15) is 0 Å². The zero-order valence-corrected chi connectivity index (χ0v) is 15.5. The highest BCUT2D eigenvalue weighted by atomic mass is 32.2. The standard InChI is InChI=1S/C18H21N3O4S/c1-12(22)21-17-9-14(6-7-19-17)15-8-16(18(25-2)20-10-15)26(23,24)11-13-4-3-5-13/h6-10,13H,3-5,11H2,1-2H3,(H,19,21,22). The molecule has 2 heterocycles. The first-order valence-electron chi connectivity index (χ1n) is 8.40. The molecule has 0 radical (unpaired) electrons. The fourth-order valence-corrected chi connectivity index (χ4v) is 4.73. The van der Waals surface area contributed by atoms with Crippen LogP contribution in [-0.2, 0) is 14.6 Å². The van der Waals surface area contributed by atoms with Crippen molar-refractivity contribution in [3.05, 3.63) is 30.6 Å². The number of methoxy groups -OCH3 is 1. The van der Waals surface area contributed by atoms with E-state index < -0.39 is 9.84 Å². The van der Waals surface area contributed by atoms with Crippen LogP contribution in [0.15, 0.2) is 35.5 Å². The van der Waals surface area contributed by atoms with Crippen molar-refractivity contribution in [1.82, 2.24) is 9.97 Å². The van der Waals surface area contributed by atoms with Crippen molar-refractivity contribution in [2.24, 2.45) is 5.92 Å². The Morgan fingerprint density at radius 1 is 1.27 bits per heavy atom. The van der Waals surface area contributed by atoms with Crippen molar-refractivity contribution in [1.29, 1.82) is 0 Å². The SMILES string of the molecule is COc1ncc(-c2ccnc(NC(C)=O)c2)cc1S(=O)(=O)CC1CCC1. The van der Waals surface area contributed by atoms with Crippen LogP contribution < -0.4 is 10.1 Å². The molecular weight excluding hydrogens is 354 g/mol. The molecule has 0 unspecified atom stereocenters. The van der Waals surface area contributed by atoms with Crippen molar-refractivity contribution in [3.63, 3.8) is 0 Å². The maximum absolute atomic E-state index is 12.8. The molecule has 0 bridgehead atoms. The smallest absolute Gasteiger partial charge is 0.232 e. The summed E-state index contributed by atoms with van der Waals surface area (Å²) < 4.78 is 30.8. The molecular formula is C18H21N3O4S. The van der Waals surface area contributed by atoms with Crippen LogP contribution >= 0.6 is 0 Å². The number of hydrogen-bond donors (Lipinski definition) is 1. The zero-order valence-electron chi connectivity index (χ0n) is 14.7. The first-order chi connectivity index (χ1) is 12.4. The van der Waals surface area contributed by atoms with E-state index in [0.29, 0.717) is 16.9 Å². The number of ether oxygens (including phenoxy) is 1. The molecule has 2 aromatic heterocycles. The third kappa shape index (κ3) is 4.01. The summed E-state index contributed by atoms with van der Waals surface area (Å²) in [4.78, 5) is 19.6. The molecule has 1 fully saturated rings. The van der Waals surface area contributed by atoms with Gasteiger partial charge in [-0.25, -0.2) is 18.4 Å². The number of amides is 1. The maximum atomic E-state index is 12.8. The van der Waals surface area contributed by atoms with Gasteiger partial charge in [0.15, 0.2) is 9.84 Å². The van der Waals surface area contributed by atoms with E-state index in [1.54, 1.807) is 30.6 Å². The van der Waals surface area contributed by atoms with Gasteiger partial charge < -0.3 is 10.1 Å². The van der Waals surface area contributed by atoms with Gasteiger partial charge in [0.05, 0.1) is 12.9 Å². The van der Waals surface area contributed by atoms with E-state index in [1.807, 2.05) is 0 Å². The summed E-state index contributed by atoms with van der Waals surface area (Å²) in [6.45, 7) is 1.40. The van der Waals surface area contributed by atoms with Crippen molar-refractivity contribution in [2.45, 2.75) is 31.1 Å². The van der Waals surface area contributed by atoms with E-state index in [1.165, 1.54) is 14.0 Å². The number of aromatic nitrogens is 2. The molecule has 8 heteroatoms.